The predicted octanol–water partition coefficient (Wildman–Crippen LogP) is 3.54. The smallest absolute Gasteiger partial charge is 0.410 e. The van der Waals surface area contributed by atoms with Crippen molar-refractivity contribution >= 4 is 11.8 Å². The lowest BCUT2D eigenvalue weighted by molar-refractivity contribution is -0.384. The van der Waals surface area contributed by atoms with E-state index in [9.17, 15) is 14.9 Å². The maximum atomic E-state index is 12.2. The Kier molecular flexibility index (Phi) is 8.95. The molecule has 0 aliphatic carbocycles. The second kappa shape index (κ2) is 10.9. The summed E-state index contributed by atoms with van der Waals surface area (Å²) in [5.41, 5.74) is 7.52. The highest BCUT2D eigenvalue weighted by molar-refractivity contribution is 5.68. The molecule has 0 aromatic heterocycles. The summed E-state index contributed by atoms with van der Waals surface area (Å²) in [5.74, 6) is 0. The molecule has 7 nitrogen and oxygen atoms in total. The van der Waals surface area contributed by atoms with Crippen LogP contribution in [0.1, 0.15) is 24.1 Å². The Morgan fingerprint density at radius 1 is 1.11 bits per heavy atom. The highest BCUT2D eigenvalue weighted by Gasteiger charge is 2.21. The number of carbonyl (C=O) groups excluding carboxylic acids is 1. The Hall–Kier alpha value is -2.93. The molecule has 0 unspecified atom stereocenters. The van der Waals surface area contributed by atoms with Gasteiger partial charge in [-0.2, -0.15) is 0 Å². The van der Waals surface area contributed by atoms with Gasteiger partial charge in [-0.05, 0) is 36.6 Å². The third-order valence-electron chi connectivity index (χ3n) is 4.17. The van der Waals surface area contributed by atoms with Gasteiger partial charge in [0.2, 0.25) is 0 Å². The van der Waals surface area contributed by atoms with Gasteiger partial charge in [0.15, 0.2) is 0 Å². The number of amides is 1. The van der Waals surface area contributed by atoms with Crippen molar-refractivity contribution in [2.45, 2.75) is 26.9 Å². The maximum absolute atomic E-state index is 12.2. The highest BCUT2D eigenvalue weighted by atomic mass is 16.6. The van der Waals surface area contributed by atoms with Gasteiger partial charge in [0, 0.05) is 25.2 Å². The molecule has 0 bridgehead atoms. The van der Waals surface area contributed by atoms with E-state index >= 15 is 0 Å². The Morgan fingerprint density at radius 2 is 1.74 bits per heavy atom. The number of fused-ring (bicyclic) bond motifs is 1. The van der Waals surface area contributed by atoms with Crippen LogP contribution >= 0.6 is 0 Å². The number of nitro groups is 1. The van der Waals surface area contributed by atoms with Crippen molar-refractivity contribution in [3.8, 4) is 0 Å². The predicted molar refractivity (Wildman–Crippen MR) is 106 cm³/mol. The third-order valence-corrected chi connectivity index (χ3v) is 4.17. The van der Waals surface area contributed by atoms with Gasteiger partial charge < -0.3 is 15.4 Å². The van der Waals surface area contributed by atoms with Gasteiger partial charge in [-0.25, -0.2) is 4.79 Å². The number of benzene rings is 2. The van der Waals surface area contributed by atoms with Crippen LogP contribution in [0.2, 0.25) is 0 Å². The van der Waals surface area contributed by atoms with Crippen molar-refractivity contribution in [2.24, 2.45) is 5.73 Å². The van der Waals surface area contributed by atoms with E-state index < -0.39 is 4.92 Å². The number of hydrogen-bond donors (Lipinski definition) is 1. The Morgan fingerprint density at radius 3 is 2.37 bits per heavy atom. The molecule has 0 spiro atoms. The summed E-state index contributed by atoms with van der Waals surface area (Å²) >= 11 is 0. The van der Waals surface area contributed by atoms with Gasteiger partial charge in [-0.1, -0.05) is 43.8 Å². The van der Waals surface area contributed by atoms with Crippen LogP contribution in [0.5, 0.6) is 0 Å². The van der Waals surface area contributed by atoms with Crippen LogP contribution in [-0.4, -0.2) is 36.1 Å². The SMILES string of the molecule is C.CN.O=C(OCc1ccccc1)N1CCc2ccc([N+](=O)[O-])cc2CC1. The molecule has 2 N–H and O–H groups in total. The molecule has 1 heterocycles. The number of carbonyl (C=O) groups is 1. The van der Waals surface area contributed by atoms with Gasteiger partial charge in [-0.3, -0.25) is 10.1 Å². The van der Waals surface area contributed by atoms with E-state index in [4.69, 9.17) is 4.74 Å². The van der Waals surface area contributed by atoms with Crippen LogP contribution in [0.15, 0.2) is 48.5 Å². The second-order valence-corrected chi connectivity index (χ2v) is 5.74. The van der Waals surface area contributed by atoms with Crippen molar-refractivity contribution in [2.75, 3.05) is 20.1 Å². The number of ether oxygens (including phenoxy) is 1. The number of nitrogens with zero attached hydrogens (tertiary/aromatic N) is 2. The highest BCUT2D eigenvalue weighted by Crippen LogP contribution is 2.22. The van der Waals surface area contributed by atoms with Crippen LogP contribution in [-0.2, 0) is 24.2 Å². The molecule has 146 valence electrons. The molecule has 0 radical (unpaired) electrons. The molecule has 0 atom stereocenters. The summed E-state index contributed by atoms with van der Waals surface area (Å²) in [7, 11) is 1.50. The van der Waals surface area contributed by atoms with E-state index in [0.717, 1.165) is 16.7 Å². The summed E-state index contributed by atoms with van der Waals surface area (Å²) in [6.45, 7) is 1.30. The lowest BCUT2D eigenvalue weighted by atomic mass is 10.0. The summed E-state index contributed by atoms with van der Waals surface area (Å²) in [5, 5.41) is 10.9. The van der Waals surface area contributed by atoms with E-state index in [2.05, 4.69) is 5.73 Å². The van der Waals surface area contributed by atoms with E-state index in [-0.39, 0.29) is 25.8 Å². The quantitative estimate of drug-likeness (QED) is 0.655. The first-order chi connectivity index (χ1) is 12.6. The van der Waals surface area contributed by atoms with E-state index in [0.29, 0.717) is 25.9 Å². The molecule has 3 rings (SSSR count). The molecular formula is C20H27N3O4. The fourth-order valence-electron chi connectivity index (χ4n) is 2.82. The van der Waals surface area contributed by atoms with Crippen molar-refractivity contribution in [3.63, 3.8) is 0 Å². The average molecular weight is 373 g/mol. The van der Waals surface area contributed by atoms with Crippen molar-refractivity contribution in [1.29, 1.82) is 0 Å². The minimum atomic E-state index is -0.392. The molecule has 0 fully saturated rings. The summed E-state index contributed by atoms with van der Waals surface area (Å²) in [6.07, 6.45) is 0.923. The molecule has 1 aliphatic rings. The number of non-ortho nitro benzene ring substituents is 1. The van der Waals surface area contributed by atoms with Gasteiger partial charge in [-0.15, -0.1) is 0 Å². The zero-order valence-corrected chi connectivity index (χ0v) is 14.8. The molecule has 0 saturated carbocycles. The number of nitro benzene ring substituents is 1. The Labute approximate surface area is 159 Å². The zero-order chi connectivity index (χ0) is 18.9. The maximum Gasteiger partial charge on any atom is 0.410 e. The normalized spacial score (nSPS) is 12.4. The zero-order valence-electron chi connectivity index (χ0n) is 14.8. The minimum Gasteiger partial charge on any atom is -0.445 e. The molecule has 0 saturated heterocycles. The van der Waals surface area contributed by atoms with Crippen LogP contribution in [0.4, 0.5) is 10.5 Å². The van der Waals surface area contributed by atoms with Crippen molar-refractivity contribution in [3.05, 3.63) is 75.3 Å². The topological polar surface area (TPSA) is 98.7 Å². The van der Waals surface area contributed by atoms with Crippen LogP contribution in [0, 0.1) is 10.1 Å². The van der Waals surface area contributed by atoms with Gasteiger partial charge in [0.05, 0.1) is 4.92 Å². The molecule has 1 amide bonds. The molecule has 1 aliphatic heterocycles. The second-order valence-electron chi connectivity index (χ2n) is 5.74. The first-order valence-electron chi connectivity index (χ1n) is 8.43. The van der Waals surface area contributed by atoms with E-state index in [1.54, 1.807) is 17.0 Å². The van der Waals surface area contributed by atoms with Crippen LogP contribution in [0.25, 0.3) is 0 Å². The largest absolute Gasteiger partial charge is 0.445 e. The minimum absolute atomic E-state index is 0. The first-order valence-corrected chi connectivity index (χ1v) is 8.43. The number of nitrogens with two attached hydrogens (primary N) is 1. The summed E-state index contributed by atoms with van der Waals surface area (Å²) in [6, 6.07) is 14.4. The van der Waals surface area contributed by atoms with E-state index in [1.807, 2.05) is 30.3 Å². The Balaban J connectivity index is 0.00000118. The van der Waals surface area contributed by atoms with Crippen molar-refractivity contribution < 1.29 is 14.5 Å². The van der Waals surface area contributed by atoms with Crippen LogP contribution in [0.3, 0.4) is 0 Å². The number of hydrogen-bond acceptors (Lipinski definition) is 5. The molecule has 7 heteroatoms. The lowest BCUT2D eigenvalue weighted by Crippen LogP contribution is -2.33. The third kappa shape index (κ3) is 6.07. The van der Waals surface area contributed by atoms with Gasteiger partial charge in [0.25, 0.3) is 5.69 Å². The summed E-state index contributed by atoms with van der Waals surface area (Å²) in [4.78, 5) is 24.4. The van der Waals surface area contributed by atoms with Gasteiger partial charge >= 0.3 is 6.09 Å². The lowest BCUT2D eigenvalue weighted by Gasteiger charge is -2.19. The monoisotopic (exact) mass is 373 g/mol. The molecular weight excluding hydrogens is 346 g/mol. The number of rotatable bonds is 3. The van der Waals surface area contributed by atoms with E-state index in [1.165, 1.54) is 13.1 Å². The first kappa shape index (κ1) is 22.1. The fourth-order valence-corrected chi connectivity index (χ4v) is 2.82. The molecule has 2 aromatic rings. The standard InChI is InChI=1S/C18H18N2O4.CH5N.CH4/c21-18(24-13-14-4-2-1-3-5-14)19-10-8-15-6-7-17(20(22)23)12-16(15)9-11-19;1-2;/h1-7,12H,8-11,13H2;2H2,1H3;1H4. The average Bonchev–Trinajstić information content (AvgIpc) is 2.90. The Bertz CT molecular complexity index is 750. The van der Waals surface area contributed by atoms with Crippen molar-refractivity contribution in [1.82, 2.24) is 4.90 Å². The fraction of sp³-hybridized carbons (Fsp3) is 0.350. The molecule has 27 heavy (non-hydrogen) atoms. The molecule has 2 aromatic carbocycles. The van der Waals surface area contributed by atoms with Crippen LogP contribution < -0.4 is 5.73 Å². The van der Waals surface area contributed by atoms with Gasteiger partial charge in [0.1, 0.15) is 6.61 Å². The summed E-state index contributed by atoms with van der Waals surface area (Å²) < 4.78 is 5.36.